The molecule has 3 nitrogen and oxygen atoms in total. The zero-order valence-electron chi connectivity index (χ0n) is 11.3. The third-order valence-electron chi connectivity index (χ3n) is 2.90. The van der Waals surface area contributed by atoms with Crippen LogP contribution in [0.5, 0.6) is 0 Å². The van der Waals surface area contributed by atoms with Gasteiger partial charge in [-0.15, -0.1) is 0 Å². The second-order valence-corrected chi connectivity index (χ2v) is 5.49. The SMILES string of the molecule is CC(C)CC(NC(C)c1ccc(F)c(Cl)c1)C(=O)O. The van der Waals surface area contributed by atoms with E-state index in [2.05, 4.69) is 5.32 Å². The van der Waals surface area contributed by atoms with Gasteiger partial charge < -0.3 is 5.11 Å². The van der Waals surface area contributed by atoms with E-state index in [9.17, 15) is 9.18 Å². The van der Waals surface area contributed by atoms with Gasteiger partial charge in [-0.3, -0.25) is 10.1 Å². The number of rotatable bonds is 6. The van der Waals surface area contributed by atoms with E-state index >= 15 is 0 Å². The average molecular weight is 288 g/mol. The monoisotopic (exact) mass is 287 g/mol. The number of carboxylic acid groups (broad SMARTS) is 1. The van der Waals surface area contributed by atoms with Crippen LogP contribution in [0.2, 0.25) is 5.02 Å². The maximum Gasteiger partial charge on any atom is 0.320 e. The Morgan fingerprint density at radius 3 is 2.53 bits per heavy atom. The van der Waals surface area contributed by atoms with Gasteiger partial charge in [-0.1, -0.05) is 31.5 Å². The van der Waals surface area contributed by atoms with E-state index in [0.29, 0.717) is 6.42 Å². The molecule has 2 atom stereocenters. The highest BCUT2D eigenvalue weighted by Crippen LogP contribution is 2.21. The molecule has 0 aliphatic carbocycles. The molecule has 0 aliphatic heterocycles. The summed E-state index contributed by atoms with van der Waals surface area (Å²) in [5.41, 5.74) is 0.765. The zero-order chi connectivity index (χ0) is 14.6. The van der Waals surface area contributed by atoms with Gasteiger partial charge in [0.2, 0.25) is 0 Å². The molecule has 1 rings (SSSR count). The fourth-order valence-electron chi connectivity index (χ4n) is 1.89. The fourth-order valence-corrected chi connectivity index (χ4v) is 2.08. The van der Waals surface area contributed by atoms with Crippen molar-refractivity contribution in [2.24, 2.45) is 5.92 Å². The van der Waals surface area contributed by atoms with Crippen LogP contribution in [0, 0.1) is 11.7 Å². The summed E-state index contributed by atoms with van der Waals surface area (Å²) in [6.45, 7) is 5.77. The maximum atomic E-state index is 13.1. The highest BCUT2D eigenvalue weighted by molar-refractivity contribution is 6.30. The largest absolute Gasteiger partial charge is 0.480 e. The molecule has 0 aliphatic rings. The minimum Gasteiger partial charge on any atom is -0.480 e. The summed E-state index contributed by atoms with van der Waals surface area (Å²) in [6.07, 6.45) is 0.536. The quantitative estimate of drug-likeness (QED) is 0.840. The smallest absolute Gasteiger partial charge is 0.320 e. The number of hydrogen-bond donors (Lipinski definition) is 2. The Kier molecular flexibility index (Phi) is 5.76. The molecule has 0 spiro atoms. The molecule has 106 valence electrons. The number of aliphatic carboxylic acids is 1. The van der Waals surface area contributed by atoms with E-state index in [-0.39, 0.29) is 17.0 Å². The van der Waals surface area contributed by atoms with E-state index in [0.717, 1.165) is 5.56 Å². The lowest BCUT2D eigenvalue weighted by atomic mass is 10.0. The topological polar surface area (TPSA) is 49.3 Å². The molecule has 2 unspecified atom stereocenters. The van der Waals surface area contributed by atoms with Crippen LogP contribution in [0.3, 0.4) is 0 Å². The van der Waals surface area contributed by atoms with Crippen LogP contribution in [-0.4, -0.2) is 17.1 Å². The first kappa shape index (κ1) is 15.9. The van der Waals surface area contributed by atoms with Gasteiger partial charge in [-0.25, -0.2) is 4.39 Å². The molecule has 0 aromatic heterocycles. The maximum absolute atomic E-state index is 13.1. The van der Waals surface area contributed by atoms with Crippen LogP contribution in [0.25, 0.3) is 0 Å². The van der Waals surface area contributed by atoms with E-state index in [1.54, 1.807) is 6.07 Å². The lowest BCUT2D eigenvalue weighted by Crippen LogP contribution is -2.39. The minimum atomic E-state index is -0.881. The van der Waals surface area contributed by atoms with Crippen LogP contribution in [-0.2, 0) is 4.79 Å². The standard InChI is InChI=1S/C14H19ClFNO2/c1-8(2)6-13(14(18)19)17-9(3)10-4-5-12(16)11(15)7-10/h4-5,7-9,13,17H,6H2,1-3H3,(H,18,19). The summed E-state index contributed by atoms with van der Waals surface area (Å²) in [7, 11) is 0. The Balaban J connectivity index is 2.78. The molecule has 0 saturated heterocycles. The predicted octanol–water partition coefficient (Wildman–Crippen LogP) is 3.63. The van der Waals surface area contributed by atoms with Gasteiger partial charge >= 0.3 is 5.97 Å². The lowest BCUT2D eigenvalue weighted by molar-refractivity contribution is -0.140. The number of benzene rings is 1. The summed E-state index contributed by atoms with van der Waals surface area (Å²) in [5.74, 6) is -1.08. The summed E-state index contributed by atoms with van der Waals surface area (Å²) >= 11 is 5.72. The van der Waals surface area contributed by atoms with Gasteiger partial charge in [0.15, 0.2) is 0 Å². The van der Waals surface area contributed by atoms with E-state index in [4.69, 9.17) is 16.7 Å². The summed E-state index contributed by atoms with van der Waals surface area (Å²) in [5, 5.41) is 12.2. The number of hydrogen-bond acceptors (Lipinski definition) is 2. The van der Waals surface area contributed by atoms with Gasteiger partial charge in [0.25, 0.3) is 0 Å². The van der Waals surface area contributed by atoms with E-state index in [1.165, 1.54) is 12.1 Å². The average Bonchev–Trinajstić information content (AvgIpc) is 2.31. The van der Waals surface area contributed by atoms with Gasteiger partial charge in [0.1, 0.15) is 11.9 Å². The van der Waals surface area contributed by atoms with Crippen molar-refractivity contribution < 1.29 is 14.3 Å². The van der Waals surface area contributed by atoms with Crippen LogP contribution in [0.1, 0.15) is 38.8 Å². The number of carboxylic acids is 1. The van der Waals surface area contributed by atoms with Crippen LogP contribution < -0.4 is 5.32 Å². The van der Waals surface area contributed by atoms with E-state index < -0.39 is 17.8 Å². The second-order valence-electron chi connectivity index (χ2n) is 5.08. The molecular formula is C14H19ClFNO2. The second kappa shape index (κ2) is 6.87. The third kappa shape index (κ3) is 4.80. The molecule has 0 radical (unpaired) electrons. The Morgan fingerprint density at radius 1 is 1.42 bits per heavy atom. The molecule has 0 bridgehead atoms. The first-order valence-electron chi connectivity index (χ1n) is 6.25. The molecule has 2 N–H and O–H groups in total. The van der Waals surface area contributed by atoms with Crippen molar-refractivity contribution in [2.45, 2.75) is 39.3 Å². The van der Waals surface area contributed by atoms with Crippen molar-refractivity contribution in [1.29, 1.82) is 0 Å². The Morgan fingerprint density at radius 2 is 2.05 bits per heavy atom. The summed E-state index contributed by atoms with van der Waals surface area (Å²) < 4.78 is 13.1. The molecular weight excluding hydrogens is 269 g/mol. The van der Waals surface area contributed by atoms with Crippen molar-refractivity contribution in [3.8, 4) is 0 Å². The summed E-state index contributed by atoms with van der Waals surface area (Å²) in [6, 6.07) is 3.57. The first-order valence-corrected chi connectivity index (χ1v) is 6.62. The van der Waals surface area contributed by atoms with Crippen molar-refractivity contribution in [3.05, 3.63) is 34.6 Å². The molecule has 19 heavy (non-hydrogen) atoms. The van der Waals surface area contributed by atoms with Gasteiger partial charge in [0.05, 0.1) is 5.02 Å². The van der Waals surface area contributed by atoms with Crippen molar-refractivity contribution >= 4 is 17.6 Å². The minimum absolute atomic E-state index is 0.0434. The number of carbonyl (C=O) groups is 1. The molecule has 0 amide bonds. The molecule has 1 aromatic carbocycles. The fraction of sp³-hybridized carbons (Fsp3) is 0.500. The van der Waals surface area contributed by atoms with Gasteiger partial charge in [0, 0.05) is 6.04 Å². The van der Waals surface area contributed by atoms with Gasteiger partial charge in [-0.05, 0) is 37.0 Å². The Bertz CT molecular complexity index is 451. The highest BCUT2D eigenvalue weighted by atomic mass is 35.5. The first-order chi connectivity index (χ1) is 8.81. The molecule has 0 saturated carbocycles. The Labute approximate surface area is 117 Å². The van der Waals surface area contributed by atoms with Crippen molar-refractivity contribution in [2.75, 3.05) is 0 Å². The van der Waals surface area contributed by atoms with Crippen molar-refractivity contribution in [1.82, 2.24) is 5.32 Å². The Hall–Kier alpha value is -1.13. The van der Waals surface area contributed by atoms with Crippen LogP contribution in [0.15, 0.2) is 18.2 Å². The highest BCUT2D eigenvalue weighted by Gasteiger charge is 2.21. The molecule has 0 heterocycles. The van der Waals surface area contributed by atoms with Crippen LogP contribution in [0.4, 0.5) is 4.39 Å². The normalized spacial score (nSPS) is 14.4. The summed E-state index contributed by atoms with van der Waals surface area (Å²) in [4.78, 5) is 11.2. The zero-order valence-corrected chi connectivity index (χ0v) is 12.0. The van der Waals surface area contributed by atoms with Crippen LogP contribution >= 0.6 is 11.6 Å². The third-order valence-corrected chi connectivity index (χ3v) is 3.19. The predicted molar refractivity (Wildman–Crippen MR) is 73.8 cm³/mol. The molecule has 5 heteroatoms. The lowest BCUT2D eigenvalue weighted by Gasteiger charge is -2.22. The van der Waals surface area contributed by atoms with Gasteiger partial charge in [-0.2, -0.15) is 0 Å². The number of halogens is 2. The molecule has 0 fully saturated rings. The van der Waals surface area contributed by atoms with E-state index in [1.807, 2.05) is 20.8 Å². The number of nitrogens with one attached hydrogen (secondary N) is 1. The van der Waals surface area contributed by atoms with Crippen molar-refractivity contribution in [3.63, 3.8) is 0 Å². The molecule has 1 aromatic rings.